The number of alkyl halides is 2. The largest absolute Gasteiger partial charge is 0.383 e. The van der Waals surface area contributed by atoms with Gasteiger partial charge in [-0.05, 0) is 18.2 Å². The summed E-state index contributed by atoms with van der Waals surface area (Å²) in [5.74, 6) is 0.0126. The van der Waals surface area contributed by atoms with Crippen LogP contribution in [0.1, 0.15) is 53.1 Å². The summed E-state index contributed by atoms with van der Waals surface area (Å²) in [4.78, 5) is 30.8. The molecule has 2 amide bonds. The molecule has 2 fully saturated rings. The number of nitrogens with zero attached hydrogens (tertiary/aromatic N) is 7. The second-order valence-corrected chi connectivity index (χ2v) is 13.2. The molecule has 7 rings (SSSR count). The molecule has 2 atom stereocenters. The fourth-order valence-electron chi connectivity index (χ4n) is 6.06. The minimum Gasteiger partial charge on any atom is -0.383 e. The number of nitrogens with one attached hydrogen (secondary N) is 1. The zero-order valence-corrected chi connectivity index (χ0v) is 25.9. The third kappa shape index (κ3) is 5.62. The van der Waals surface area contributed by atoms with Gasteiger partial charge in [0.25, 0.3) is 0 Å². The standard InChI is InChI=1S/C29H26ClF3N8O2S2/c30-19-13-16(31)1-2-18(19)23-22(20-3-8-41(38-20)27(32)33)21-14-17(15-40(21)24(37-23)25-34-6-11-44-25)36-28(42)39-9-4-29(43,5-10-39)26-35-7-12-45-26/h1-3,6-8,11-13,17,23,27,43H,4-5,9-10,14-15H2,(H,36,42)/t17-,23-/m0/s1. The van der Waals surface area contributed by atoms with E-state index in [-0.39, 0.29) is 22.8 Å². The molecule has 10 nitrogen and oxygen atoms in total. The number of aliphatic hydroxyl groups is 1. The summed E-state index contributed by atoms with van der Waals surface area (Å²) in [6, 6.07) is 4.05. The highest BCUT2D eigenvalue weighted by Gasteiger charge is 2.43. The van der Waals surface area contributed by atoms with Gasteiger partial charge in [0.2, 0.25) is 0 Å². The first-order valence-corrected chi connectivity index (χ1v) is 16.3. The average molecular weight is 675 g/mol. The van der Waals surface area contributed by atoms with E-state index in [4.69, 9.17) is 16.6 Å². The van der Waals surface area contributed by atoms with E-state index in [1.807, 2.05) is 15.7 Å². The van der Waals surface area contributed by atoms with Gasteiger partial charge in [-0.25, -0.2) is 23.8 Å². The lowest BCUT2D eigenvalue weighted by molar-refractivity contribution is -0.0171. The third-order valence-electron chi connectivity index (χ3n) is 8.26. The highest BCUT2D eigenvalue weighted by atomic mass is 35.5. The molecule has 0 saturated carbocycles. The van der Waals surface area contributed by atoms with Crippen LogP contribution >= 0.6 is 34.3 Å². The van der Waals surface area contributed by atoms with E-state index in [0.29, 0.717) is 70.6 Å². The first-order chi connectivity index (χ1) is 21.7. The third-order valence-corrected chi connectivity index (χ3v) is 10.3. The number of thiazole rings is 2. The maximum atomic E-state index is 14.1. The molecule has 1 aromatic carbocycles. The number of rotatable bonds is 6. The quantitative estimate of drug-likeness (QED) is 0.273. The summed E-state index contributed by atoms with van der Waals surface area (Å²) in [7, 11) is 0. The molecular weight excluding hydrogens is 649 g/mol. The molecule has 4 aromatic rings. The van der Waals surface area contributed by atoms with Crippen molar-refractivity contribution in [2.45, 2.75) is 43.5 Å². The Labute approximate surface area is 268 Å². The van der Waals surface area contributed by atoms with Gasteiger partial charge < -0.3 is 20.2 Å². The van der Waals surface area contributed by atoms with Gasteiger partial charge in [0.05, 0.1) is 11.7 Å². The smallest absolute Gasteiger partial charge is 0.333 e. The normalized spacial score (nSPS) is 21.3. The summed E-state index contributed by atoms with van der Waals surface area (Å²) >= 11 is 9.31. The van der Waals surface area contributed by atoms with Crippen molar-refractivity contribution >= 4 is 51.7 Å². The number of urea groups is 1. The van der Waals surface area contributed by atoms with Gasteiger partial charge in [-0.1, -0.05) is 17.7 Å². The molecule has 2 saturated heterocycles. The van der Waals surface area contributed by atoms with Crippen LogP contribution in [-0.2, 0) is 5.60 Å². The second-order valence-electron chi connectivity index (χ2n) is 11.0. The van der Waals surface area contributed by atoms with Gasteiger partial charge in [-0.15, -0.1) is 22.7 Å². The first-order valence-electron chi connectivity index (χ1n) is 14.1. The molecule has 16 heteroatoms. The number of aliphatic imine (C=N–C) groups is 1. The SMILES string of the molecule is O=C(N[C@H]1CC2=C(c3ccn(C(F)F)n3)[C@H](c3ccc(F)cc3Cl)N=C(c3nccs3)N2C1)N1CCC(O)(c2nccs2)CC1. The summed E-state index contributed by atoms with van der Waals surface area (Å²) in [6.07, 6.45) is 5.59. The summed E-state index contributed by atoms with van der Waals surface area (Å²) in [5, 5.41) is 23.4. The first kappa shape index (κ1) is 29.9. The Morgan fingerprint density at radius 3 is 2.58 bits per heavy atom. The number of amidine groups is 1. The Kier molecular flexibility index (Phi) is 7.88. The minimum absolute atomic E-state index is 0.132. The number of piperidine rings is 1. The molecule has 234 valence electrons. The maximum Gasteiger partial charge on any atom is 0.333 e. The van der Waals surface area contributed by atoms with Crippen molar-refractivity contribution in [3.05, 3.63) is 91.4 Å². The van der Waals surface area contributed by atoms with Gasteiger partial charge in [-0.3, -0.25) is 4.99 Å². The van der Waals surface area contributed by atoms with Crippen LogP contribution in [0.3, 0.4) is 0 Å². The van der Waals surface area contributed by atoms with Crippen LogP contribution in [0.2, 0.25) is 5.02 Å². The number of likely N-dealkylation sites (tertiary alicyclic amines) is 1. The fraction of sp³-hybridized carbons (Fsp3) is 0.345. The fourth-order valence-corrected chi connectivity index (χ4v) is 7.77. The number of amides is 2. The van der Waals surface area contributed by atoms with Crippen molar-refractivity contribution in [1.29, 1.82) is 0 Å². The van der Waals surface area contributed by atoms with E-state index in [1.165, 1.54) is 53.1 Å². The zero-order valence-electron chi connectivity index (χ0n) is 23.5. The maximum absolute atomic E-state index is 14.1. The monoisotopic (exact) mass is 674 g/mol. The number of halogens is 4. The minimum atomic E-state index is -2.85. The molecule has 3 aromatic heterocycles. The van der Waals surface area contributed by atoms with Crippen molar-refractivity contribution in [2.75, 3.05) is 19.6 Å². The lowest BCUT2D eigenvalue weighted by Gasteiger charge is -2.37. The van der Waals surface area contributed by atoms with Crippen LogP contribution in [0.5, 0.6) is 0 Å². The van der Waals surface area contributed by atoms with Gasteiger partial charge in [0.1, 0.15) is 22.5 Å². The Hall–Kier alpha value is -3.79. The number of hydrogen-bond acceptors (Lipinski definition) is 9. The molecular formula is C29H26ClF3N8O2S2. The Balaban J connectivity index is 1.22. The molecule has 0 spiro atoms. The van der Waals surface area contributed by atoms with Crippen LogP contribution in [0.25, 0.3) is 5.57 Å². The summed E-state index contributed by atoms with van der Waals surface area (Å²) in [6.45, 7) is -1.79. The van der Waals surface area contributed by atoms with Crippen LogP contribution in [0, 0.1) is 5.82 Å². The average Bonchev–Trinajstić information content (AvgIpc) is 3.84. The van der Waals surface area contributed by atoms with Crippen LogP contribution in [0.15, 0.2) is 64.3 Å². The number of carbonyl (C=O) groups excluding carboxylic acids is 1. The van der Waals surface area contributed by atoms with Gasteiger partial charge in [0.15, 0.2) is 10.8 Å². The van der Waals surface area contributed by atoms with Crippen LogP contribution in [-0.4, -0.2) is 72.2 Å². The predicted octanol–water partition coefficient (Wildman–Crippen LogP) is 5.66. The molecule has 0 unspecified atom stereocenters. The highest BCUT2D eigenvalue weighted by Crippen LogP contribution is 2.46. The van der Waals surface area contributed by atoms with E-state index in [1.54, 1.807) is 17.3 Å². The van der Waals surface area contributed by atoms with Crippen molar-refractivity contribution in [3.63, 3.8) is 0 Å². The molecule has 0 radical (unpaired) electrons. The Morgan fingerprint density at radius 2 is 1.91 bits per heavy atom. The number of hydrogen-bond donors (Lipinski definition) is 2. The lowest BCUT2D eigenvalue weighted by Crippen LogP contribution is -2.51. The van der Waals surface area contributed by atoms with Gasteiger partial charge in [0, 0.05) is 90.1 Å². The Bertz CT molecular complexity index is 1770. The zero-order chi connectivity index (χ0) is 31.3. The summed E-state index contributed by atoms with van der Waals surface area (Å²) in [5.41, 5.74) is 0.950. The molecule has 0 aliphatic carbocycles. The number of fused-ring (bicyclic) bond motifs is 1. The van der Waals surface area contributed by atoms with E-state index in [2.05, 4.69) is 20.4 Å². The predicted molar refractivity (Wildman–Crippen MR) is 164 cm³/mol. The van der Waals surface area contributed by atoms with Crippen LogP contribution < -0.4 is 5.32 Å². The van der Waals surface area contributed by atoms with Crippen LogP contribution in [0.4, 0.5) is 18.0 Å². The van der Waals surface area contributed by atoms with Gasteiger partial charge >= 0.3 is 12.6 Å². The molecule has 45 heavy (non-hydrogen) atoms. The lowest BCUT2D eigenvalue weighted by atomic mass is 9.92. The van der Waals surface area contributed by atoms with E-state index in [9.17, 15) is 23.1 Å². The van der Waals surface area contributed by atoms with Crippen molar-refractivity contribution < 1.29 is 23.1 Å². The second kappa shape index (κ2) is 11.9. The van der Waals surface area contributed by atoms with E-state index >= 15 is 0 Å². The number of benzene rings is 1. The molecule has 3 aliphatic heterocycles. The van der Waals surface area contributed by atoms with E-state index < -0.39 is 24.0 Å². The molecule has 6 heterocycles. The molecule has 2 N–H and O–H groups in total. The highest BCUT2D eigenvalue weighted by molar-refractivity contribution is 7.11. The Morgan fingerprint density at radius 1 is 1.13 bits per heavy atom. The summed E-state index contributed by atoms with van der Waals surface area (Å²) < 4.78 is 41.9. The number of aromatic nitrogens is 4. The van der Waals surface area contributed by atoms with Crippen molar-refractivity contribution in [3.8, 4) is 0 Å². The van der Waals surface area contributed by atoms with Crippen molar-refractivity contribution in [1.82, 2.24) is 34.9 Å². The topological polar surface area (TPSA) is 112 Å². The molecule has 3 aliphatic rings. The van der Waals surface area contributed by atoms with Gasteiger partial charge in [-0.2, -0.15) is 13.9 Å². The van der Waals surface area contributed by atoms with E-state index in [0.717, 1.165) is 5.70 Å². The van der Waals surface area contributed by atoms with Crippen molar-refractivity contribution in [2.24, 2.45) is 4.99 Å². The molecule has 0 bridgehead atoms. The number of carbonyl (C=O) groups is 1.